The molecule has 0 spiro atoms. The summed E-state index contributed by atoms with van der Waals surface area (Å²) in [4.78, 5) is 24.6. The van der Waals surface area contributed by atoms with Gasteiger partial charge in [0, 0.05) is 6.42 Å². The van der Waals surface area contributed by atoms with Crippen molar-refractivity contribution in [3.63, 3.8) is 0 Å². The van der Waals surface area contributed by atoms with Gasteiger partial charge in [-0.3, -0.25) is 4.79 Å². The van der Waals surface area contributed by atoms with Crippen LogP contribution in [0, 0.1) is 5.82 Å². The fraction of sp³-hybridized carbons (Fsp3) is 0.200. The van der Waals surface area contributed by atoms with Crippen molar-refractivity contribution in [3.8, 4) is 5.75 Å². The average molecular weight is 421 g/mol. The summed E-state index contributed by atoms with van der Waals surface area (Å²) in [7, 11) is 1.28. The van der Waals surface area contributed by atoms with Crippen LogP contribution in [-0.4, -0.2) is 25.0 Å². The highest BCUT2D eigenvalue weighted by Crippen LogP contribution is 2.17. The number of carbonyl (C=O) groups excluding carboxylic acids is 2. The molecule has 0 unspecified atom stereocenters. The number of esters is 1. The number of methoxy groups -OCH3 is 1. The standard InChI is InChI=1S/C25H24FNO4/c1-30-25(29)23(27-24(28)16-18-10-12-21(26)13-11-18)15-20-8-5-9-22(14-20)31-17-19-6-3-2-4-7-19/h2-14,23H,15-17H2,1H3,(H,27,28)/t23-/m1/s1. The van der Waals surface area contributed by atoms with E-state index >= 15 is 0 Å². The molecule has 0 bridgehead atoms. The lowest BCUT2D eigenvalue weighted by Crippen LogP contribution is -2.43. The number of ether oxygens (including phenoxy) is 2. The van der Waals surface area contributed by atoms with Crippen LogP contribution in [0.3, 0.4) is 0 Å². The van der Waals surface area contributed by atoms with Gasteiger partial charge in [-0.25, -0.2) is 9.18 Å². The fourth-order valence-corrected chi connectivity index (χ4v) is 3.11. The van der Waals surface area contributed by atoms with E-state index < -0.39 is 12.0 Å². The number of nitrogens with one attached hydrogen (secondary N) is 1. The van der Waals surface area contributed by atoms with Crippen LogP contribution in [0.25, 0.3) is 0 Å². The molecule has 0 fully saturated rings. The molecule has 3 rings (SSSR count). The molecule has 1 atom stereocenters. The van der Waals surface area contributed by atoms with E-state index in [0.717, 1.165) is 11.1 Å². The molecular formula is C25H24FNO4. The molecule has 31 heavy (non-hydrogen) atoms. The monoisotopic (exact) mass is 421 g/mol. The Labute approximate surface area is 180 Å². The minimum Gasteiger partial charge on any atom is -0.489 e. The van der Waals surface area contributed by atoms with Crippen LogP contribution in [0.5, 0.6) is 5.75 Å². The highest BCUT2D eigenvalue weighted by atomic mass is 19.1. The molecule has 0 aliphatic rings. The third-order valence-corrected chi connectivity index (χ3v) is 4.69. The van der Waals surface area contributed by atoms with Gasteiger partial charge in [-0.2, -0.15) is 0 Å². The molecule has 3 aromatic rings. The van der Waals surface area contributed by atoms with Crippen molar-refractivity contribution >= 4 is 11.9 Å². The number of rotatable bonds is 9. The van der Waals surface area contributed by atoms with Crippen LogP contribution in [0.4, 0.5) is 4.39 Å². The van der Waals surface area contributed by atoms with Crippen LogP contribution in [0.1, 0.15) is 16.7 Å². The first kappa shape index (κ1) is 22.0. The van der Waals surface area contributed by atoms with Crippen LogP contribution < -0.4 is 10.1 Å². The van der Waals surface area contributed by atoms with Gasteiger partial charge < -0.3 is 14.8 Å². The van der Waals surface area contributed by atoms with Gasteiger partial charge in [0.2, 0.25) is 5.91 Å². The predicted octanol–water partition coefficient (Wildman–Crippen LogP) is 3.85. The summed E-state index contributed by atoms with van der Waals surface area (Å²) in [6.07, 6.45) is 0.290. The molecule has 0 heterocycles. The molecule has 160 valence electrons. The van der Waals surface area contributed by atoms with E-state index in [1.807, 2.05) is 54.6 Å². The second-order valence-electron chi connectivity index (χ2n) is 7.07. The van der Waals surface area contributed by atoms with Gasteiger partial charge in [0.05, 0.1) is 13.5 Å². The summed E-state index contributed by atoms with van der Waals surface area (Å²) in [5.74, 6) is -0.588. The summed E-state index contributed by atoms with van der Waals surface area (Å²) >= 11 is 0. The van der Waals surface area contributed by atoms with Crippen molar-refractivity contribution in [2.75, 3.05) is 7.11 Å². The van der Waals surface area contributed by atoms with Gasteiger partial charge in [-0.1, -0.05) is 54.6 Å². The maximum Gasteiger partial charge on any atom is 0.328 e. The Morgan fingerprint density at radius 3 is 2.32 bits per heavy atom. The lowest BCUT2D eigenvalue weighted by molar-refractivity contribution is -0.145. The minimum atomic E-state index is -0.845. The smallest absolute Gasteiger partial charge is 0.328 e. The first-order valence-corrected chi connectivity index (χ1v) is 9.91. The Morgan fingerprint density at radius 1 is 0.903 bits per heavy atom. The molecule has 3 aromatic carbocycles. The maximum atomic E-state index is 13.0. The predicted molar refractivity (Wildman–Crippen MR) is 115 cm³/mol. The highest BCUT2D eigenvalue weighted by molar-refractivity contribution is 5.85. The summed E-state index contributed by atoms with van der Waals surface area (Å²) in [5, 5.41) is 2.71. The molecule has 1 amide bonds. The van der Waals surface area contributed by atoms with E-state index in [2.05, 4.69) is 5.32 Å². The zero-order valence-electron chi connectivity index (χ0n) is 17.2. The van der Waals surface area contributed by atoms with Gasteiger partial charge >= 0.3 is 5.97 Å². The zero-order valence-corrected chi connectivity index (χ0v) is 17.2. The third-order valence-electron chi connectivity index (χ3n) is 4.69. The van der Waals surface area contributed by atoms with Crippen molar-refractivity contribution in [1.29, 1.82) is 0 Å². The Bertz CT molecular complexity index is 1010. The number of hydrogen-bond acceptors (Lipinski definition) is 4. The van der Waals surface area contributed by atoms with Gasteiger partial charge in [-0.15, -0.1) is 0 Å². The van der Waals surface area contributed by atoms with Crippen molar-refractivity contribution in [2.24, 2.45) is 0 Å². The Hall–Kier alpha value is -3.67. The summed E-state index contributed by atoms with van der Waals surface area (Å²) in [6.45, 7) is 0.430. The van der Waals surface area contributed by atoms with E-state index in [4.69, 9.17) is 9.47 Å². The summed E-state index contributed by atoms with van der Waals surface area (Å²) < 4.78 is 23.7. The quantitative estimate of drug-likeness (QED) is 0.533. The Kier molecular flexibility index (Phi) is 7.76. The van der Waals surface area contributed by atoms with Crippen molar-refractivity contribution in [1.82, 2.24) is 5.32 Å². The normalized spacial score (nSPS) is 11.4. The average Bonchev–Trinajstić information content (AvgIpc) is 2.79. The SMILES string of the molecule is COC(=O)[C@@H](Cc1cccc(OCc2ccccc2)c1)NC(=O)Cc1ccc(F)cc1. The second-order valence-corrected chi connectivity index (χ2v) is 7.07. The fourth-order valence-electron chi connectivity index (χ4n) is 3.11. The van der Waals surface area contributed by atoms with E-state index in [1.165, 1.54) is 31.4 Å². The molecule has 0 aliphatic carbocycles. The lowest BCUT2D eigenvalue weighted by atomic mass is 10.0. The lowest BCUT2D eigenvalue weighted by Gasteiger charge is -2.17. The first-order chi connectivity index (χ1) is 15.0. The molecule has 0 radical (unpaired) electrons. The van der Waals surface area contributed by atoms with Crippen molar-refractivity contribution < 1.29 is 23.5 Å². The molecule has 0 aromatic heterocycles. The van der Waals surface area contributed by atoms with Crippen LogP contribution in [-0.2, 0) is 33.8 Å². The Morgan fingerprint density at radius 2 is 1.61 bits per heavy atom. The van der Waals surface area contributed by atoms with E-state index in [0.29, 0.717) is 17.9 Å². The topological polar surface area (TPSA) is 64.6 Å². The van der Waals surface area contributed by atoms with E-state index in [9.17, 15) is 14.0 Å². The van der Waals surface area contributed by atoms with E-state index in [-0.39, 0.29) is 24.6 Å². The number of carbonyl (C=O) groups is 2. The molecular weight excluding hydrogens is 397 g/mol. The van der Waals surface area contributed by atoms with Crippen LogP contribution >= 0.6 is 0 Å². The first-order valence-electron chi connectivity index (χ1n) is 9.91. The minimum absolute atomic E-state index is 0.0357. The molecule has 6 heteroatoms. The highest BCUT2D eigenvalue weighted by Gasteiger charge is 2.22. The number of hydrogen-bond donors (Lipinski definition) is 1. The van der Waals surface area contributed by atoms with Crippen molar-refractivity contribution in [2.45, 2.75) is 25.5 Å². The zero-order chi connectivity index (χ0) is 22.1. The number of benzene rings is 3. The number of halogens is 1. The maximum absolute atomic E-state index is 13.0. The molecule has 5 nitrogen and oxygen atoms in total. The third kappa shape index (κ3) is 6.96. The molecule has 0 saturated heterocycles. The van der Waals surface area contributed by atoms with Gasteiger partial charge in [0.25, 0.3) is 0 Å². The number of amides is 1. The summed E-state index contributed by atoms with van der Waals surface area (Å²) in [6, 6.07) is 22.0. The van der Waals surface area contributed by atoms with Gasteiger partial charge in [0.1, 0.15) is 24.2 Å². The van der Waals surface area contributed by atoms with Crippen LogP contribution in [0.15, 0.2) is 78.9 Å². The molecule has 0 saturated carbocycles. The molecule has 0 aliphatic heterocycles. The summed E-state index contributed by atoms with van der Waals surface area (Å²) in [5.41, 5.74) is 2.52. The van der Waals surface area contributed by atoms with Gasteiger partial charge in [-0.05, 0) is 41.0 Å². The van der Waals surface area contributed by atoms with Crippen molar-refractivity contribution in [3.05, 3.63) is 101 Å². The Balaban J connectivity index is 1.62. The van der Waals surface area contributed by atoms with Crippen LogP contribution in [0.2, 0.25) is 0 Å². The van der Waals surface area contributed by atoms with Gasteiger partial charge in [0.15, 0.2) is 0 Å². The second kappa shape index (κ2) is 10.9. The molecule has 1 N–H and O–H groups in total. The largest absolute Gasteiger partial charge is 0.489 e. The van der Waals surface area contributed by atoms with E-state index in [1.54, 1.807) is 0 Å².